The van der Waals surface area contributed by atoms with E-state index in [0.29, 0.717) is 0 Å². The Morgan fingerprint density at radius 2 is 2.16 bits per heavy atom. The molecule has 6 heteroatoms. The van der Waals surface area contributed by atoms with Crippen LogP contribution in [0.15, 0.2) is 23.8 Å². The van der Waals surface area contributed by atoms with Crippen molar-refractivity contribution >= 4 is 11.9 Å². The number of hydrogen-bond donors (Lipinski definition) is 1. The van der Waals surface area contributed by atoms with E-state index in [9.17, 15) is 14.7 Å². The molecule has 2 aliphatic heterocycles. The zero-order valence-corrected chi connectivity index (χ0v) is 15.2. The first kappa shape index (κ1) is 18.1. The first-order chi connectivity index (χ1) is 11.7. The quantitative estimate of drug-likeness (QED) is 0.354. The second-order valence-electron chi connectivity index (χ2n) is 7.76. The number of aliphatic hydroxyl groups is 1. The molecule has 138 valence electrons. The second-order valence-corrected chi connectivity index (χ2v) is 7.76. The normalized spacial score (nSPS) is 42.8. The highest BCUT2D eigenvalue weighted by Crippen LogP contribution is 2.48. The van der Waals surface area contributed by atoms with Crippen LogP contribution in [0, 0.1) is 11.8 Å². The van der Waals surface area contributed by atoms with Gasteiger partial charge in [-0.15, -0.1) is 0 Å². The van der Waals surface area contributed by atoms with Crippen LogP contribution in [0.5, 0.6) is 0 Å². The molecule has 2 fully saturated rings. The van der Waals surface area contributed by atoms with Gasteiger partial charge in [0.05, 0.1) is 23.5 Å². The molecule has 0 spiro atoms. The van der Waals surface area contributed by atoms with Crippen molar-refractivity contribution in [2.45, 2.75) is 70.6 Å². The third kappa shape index (κ3) is 3.13. The lowest BCUT2D eigenvalue weighted by atomic mass is 9.81. The minimum absolute atomic E-state index is 0.203. The molecule has 25 heavy (non-hydrogen) atoms. The maximum atomic E-state index is 12.2. The van der Waals surface area contributed by atoms with E-state index in [-0.39, 0.29) is 23.6 Å². The molecule has 0 saturated carbocycles. The number of aliphatic hydroxyl groups excluding tert-OH is 1. The number of fused-ring (bicyclic) bond motifs is 2. The Morgan fingerprint density at radius 3 is 2.80 bits per heavy atom. The van der Waals surface area contributed by atoms with E-state index in [2.05, 4.69) is 6.58 Å². The zero-order valence-electron chi connectivity index (χ0n) is 15.2. The summed E-state index contributed by atoms with van der Waals surface area (Å²) < 4.78 is 16.9. The molecule has 0 aromatic carbocycles. The molecular weight excluding hydrogens is 324 g/mol. The van der Waals surface area contributed by atoms with Gasteiger partial charge >= 0.3 is 11.9 Å². The van der Waals surface area contributed by atoms with Gasteiger partial charge in [-0.2, -0.15) is 0 Å². The first-order valence-electron chi connectivity index (χ1n) is 8.78. The van der Waals surface area contributed by atoms with Gasteiger partial charge in [-0.1, -0.05) is 26.5 Å². The van der Waals surface area contributed by atoms with Crippen LogP contribution in [0.2, 0.25) is 0 Å². The lowest BCUT2D eigenvalue weighted by Gasteiger charge is -2.31. The molecule has 0 radical (unpaired) electrons. The van der Waals surface area contributed by atoms with Crippen LogP contribution < -0.4 is 0 Å². The predicted molar refractivity (Wildman–Crippen MR) is 89.5 cm³/mol. The second kappa shape index (κ2) is 6.25. The van der Waals surface area contributed by atoms with Gasteiger partial charge in [0.1, 0.15) is 6.10 Å². The van der Waals surface area contributed by atoms with Gasteiger partial charge in [-0.25, -0.2) is 4.79 Å². The van der Waals surface area contributed by atoms with E-state index in [1.165, 1.54) is 0 Å². The van der Waals surface area contributed by atoms with Crippen LogP contribution in [0.1, 0.15) is 40.5 Å². The van der Waals surface area contributed by atoms with E-state index in [1.807, 2.05) is 19.9 Å². The molecule has 0 unspecified atom stereocenters. The van der Waals surface area contributed by atoms with Crippen LogP contribution in [0.25, 0.3) is 0 Å². The van der Waals surface area contributed by atoms with Crippen molar-refractivity contribution in [1.82, 2.24) is 0 Å². The van der Waals surface area contributed by atoms with Crippen molar-refractivity contribution in [2.24, 2.45) is 11.8 Å². The SMILES string of the molecule is C=C1C(=O)O[C@@H]2[C@@H]1[C@H](O)[C@@H]1O[C@@]1(C)CC/C=C(\C)[C@@H]2OC(=O)C(C)C. The van der Waals surface area contributed by atoms with Crippen LogP contribution in [0.3, 0.4) is 0 Å². The van der Waals surface area contributed by atoms with E-state index < -0.39 is 35.8 Å². The number of epoxide rings is 1. The number of carbonyl (C=O) groups excluding carboxylic acids is 2. The van der Waals surface area contributed by atoms with Crippen LogP contribution >= 0.6 is 0 Å². The van der Waals surface area contributed by atoms with E-state index >= 15 is 0 Å². The summed E-state index contributed by atoms with van der Waals surface area (Å²) in [7, 11) is 0. The first-order valence-corrected chi connectivity index (χ1v) is 8.78. The fraction of sp³-hybridized carbons (Fsp3) is 0.684. The van der Waals surface area contributed by atoms with Gasteiger partial charge in [-0.05, 0) is 32.3 Å². The van der Waals surface area contributed by atoms with Crippen LogP contribution in [0.4, 0.5) is 0 Å². The summed E-state index contributed by atoms with van der Waals surface area (Å²) in [6.45, 7) is 11.1. The summed E-state index contributed by atoms with van der Waals surface area (Å²) in [5, 5.41) is 10.8. The highest BCUT2D eigenvalue weighted by molar-refractivity contribution is 5.91. The molecule has 0 bridgehead atoms. The number of ether oxygens (including phenoxy) is 3. The number of carbonyl (C=O) groups is 2. The Hall–Kier alpha value is -1.66. The van der Waals surface area contributed by atoms with Crippen molar-refractivity contribution in [2.75, 3.05) is 0 Å². The summed E-state index contributed by atoms with van der Waals surface area (Å²) in [5.41, 5.74) is 0.601. The van der Waals surface area contributed by atoms with Crippen molar-refractivity contribution in [1.29, 1.82) is 0 Å². The number of hydrogen-bond acceptors (Lipinski definition) is 6. The summed E-state index contributed by atoms with van der Waals surface area (Å²) >= 11 is 0. The molecular formula is C19H26O6. The van der Waals surface area contributed by atoms with E-state index in [4.69, 9.17) is 14.2 Å². The fourth-order valence-corrected chi connectivity index (χ4v) is 3.72. The third-order valence-corrected chi connectivity index (χ3v) is 5.45. The molecule has 6 atom stereocenters. The maximum Gasteiger partial charge on any atom is 0.334 e. The van der Waals surface area contributed by atoms with Crippen LogP contribution in [-0.2, 0) is 23.8 Å². The van der Waals surface area contributed by atoms with Crippen molar-refractivity contribution in [3.63, 3.8) is 0 Å². The average molecular weight is 350 g/mol. The molecule has 0 amide bonds. The molecule has 2 saturated heterocycles. The minimum Gasteiger partial charge on any atom is -0.454 e. The zero-order chi connectivity index (χ0) is 18.5. The van der Waals surface area contributed by atoms with Crippen molar-refractivity contribution in [3.8, 4) is 0 Å². The standard InChI is InChI=1S/C19H26O6/c1-9(2)17(21)23-14-10(3)7-6-8-19(5)16(25-19)13(20)12-11(4)18(22)24-15(12)14/h7,9,12-16,20H,4,6,8H2,1-3,5H3/b10-7+/t12-,13-,14-,15+,16-,19-/m0/s1. The topological polar surface area (TPSA) is 85.4 Å². The Kier molecular flexibility index (Phi) is 4.54. The molecule has 0 aromatic rings. The Balaban J connectivity index is 1.98. The fourth-order valence-electron chi connectivity index (χ4n) is 3.72. The molecule has 6 nitrogen and oxygen atoms in total. The van der Waals surface area contributed by atoms with Crippen molar-refractivity contribution in [3.05, 3.63) is 23.8 Å². The van der Waals surface area contributed by atoms with E-state index in [0.717, 1.165) is 18.4 Å². The molecule has 1 aliphatic carbocycles. The lowest BCUT2D eigenvalue weighted by molar-refractivity contribution is -0.163. The molecule has 2 heterocycles. The summed E-state index contributed by atoms with van der Waals surface area (Å²) in [6, 6.07) is 0. The van der Waals surface area contributed by atoms with Crippen LogP contribution in [-0.4, -0.2) is 47.1 Å². The summed E-state index contributed by atoms with van der Waals surface area (Å²) in [6.07, 6.45) is 0.635. The highest BCUT2D eigenvalue weighted by Gasteiger charge is 2.61. The predicted octanol–water partition coefficient (Wildman–Crippen LogP) is 1.91. The van der Waals surface area contributed by atoms with Gasteiger partial charge in [0.15, 0.2) is 12.2 Å². The van der Waals surface area contributed by atoms with Gasteiger partial charge in [-0.3, -0.25) is 4.79 Å². The van der Waals surface area contributed by atoms with E-state index in [1.54, 1.807) is 13.8 Å². The molecule has 0 aromatic heterocycles. The highest BCUT2D eigenvalue weighted by atomic mass is 16.6. The number of esters is 2. The molecule has 3 rings (SSSR count). The van der Waals surface area contributed by atoms with Gasteiger partial charge in [0, 0.05) is 5.57 Å². The maximum absolute atomic E-state index is 12.2. The Morgan fingerprint density at radius 1 is 1.48 bits per heavy atom. The number of rotatable bonds is 2. The largest absolute Gasteiger partial charge is 0.454 e. The third-order valence-electron chi connectivity index (χ3n) is 5.45. The smallest absolute Gasteiger partial charge is 0.334 e. The lowest BCUT2D eigenvalue weighted by Crippen LogP contribution is -2.44. The number of allylic oxidation sites excluding steroid dienone is 1. The van der Waals surface area contributed by atoms with Gasteiger partial charge < -0.3 is 19.3 Å². The Bertz CT molecular complexity index is 636. The van der Waals surface area contributed by atoms with Gasteiger partial charge in [0.25, 0.3) is 0 Å². The molecule has 1 N–H and O–H groups in total. The van der Waals surface area contributed by atoms with Crippen molar-refractivity contribution < 1.29 is 28.9 Å². The Labute approximate surface area is 147 Å². The molecule has 3 aliphatic rings. The summed E-state index contributed by atoms with van der Waals surface area (Å²) in [4.78, 5) is 24.3. The van der Waals surface area contributed by atoms with Gasteiger partial charge in [0.2, 0.25) is 0 Å². The minimum atomic E-state index is -0.930. The monoisotopic (exact) mass is 350 g/mol. The average Bonchev–Trinajstić information content (AvgIpc) is 3.12. The summed E-state index contributed by atoms with van der Waals surface area (Å²) in [5.74, 6) is -1.90.